The molecule has 7 heteroatoms. The van der Waals surface area contributed by atoms with E-state index >= 15 is 0 Å². The van der Waals surface area contributed by atoms with Crippen LogP contribution in [-0.2, 0) is 0 Å². The molecule has 26 heavy (non-hydrogen) atoms. The summed E-state index contributed by atoms with van der Waals surface area (Å²) < 4.78 is 10.6. The van der Waals surface area contributed by atoms with E-state index in [9.17, 15) is 9.59 Å². The number of aromatic nitrogens is 1. The Balaban J connectivity index is 2.24. The number of carbonyl (C=O) groups excluding carboxylic acids is 1. The van der Waals surface area contributed by atoms with Crippen LogP contribution in [-0.4, -0.2) is 36.2 Å². The second kappa shape index (κ2) is 7.86. The van der Waals surface area contributed by atoms with Crippen LogP contribution in [0.3, 0.4) is 0 Å². The molecule has 1 amide bonds. The minimum atomic E-state index is -1.07. The van der Waals surface area contributed by atoms with Crippen LogP contribution in [0.1, 0.15) is 50.6 Å². The molecule has 1 heterocycles. The number of amides is 1. The SMILES string of the molecule is COc1cc(C)c(C(C)NC(=O)c2ccc(C(=O)O)c(C)n2)cc1OC. The number of aryl methyl sites for hydroxylation is 2. The van der Waals surface area contributed by atoms with Crippen LogP contribution in [0.2, 0.25) is 0 Å². The van der Waals surface area contributed by atoms with E-state index in [-0.39, 0.29) is 23.2 Å². The second-order valence-corrected chi connectivity index (χ2v) is 5.89. The molecule has 0 aliphatic heterocycles. The van der Waals surface area contributed by atoms with Crippen molar-refractivity contribution in [3.63, 3.8) is 0 Å². The molecule has 1 atom stereocenters. The van der Waals surface area contributed by atoms with Crippen molar-refractivity contribution in [1.29, 1.82) is 0 Å². The molecule has 0 radical (unpaired) electrons. The molecule has 1 aromatic heterocycles. The Morgan fingerprint density at radius 2 is 1.73 bits per heavy atom. The van der Waals surface area contributed by atoms with Crippen molar-refractivity contribution in [2.75, 3.05) is 14.2 Å². The van der Waals surface area contributed by atoms with Crippen LogP contribution in [0.4, 0.5) is 0 Å². The van der Waals surface area contributed by atoms with Gasteiger partial charge in [-0.25, -0.2) is 9.78 Å². The Labute approximate surface area is 152 Å². The number of nitrogens with one attached hydrogen (secondary N) is 1. The average Bonchev–Trinajstić information content (AvgIpc) is 2.60. The Bertz CT molecular complexity index is 848. The van der Waals surface area contributed by atoms with Crippen molar-refractivity contribution < 1.29 is 24.2 Å². The van der Waals surface area contributed by atoms with E-state index in [0.717, 1.165) is 11.1 Å². The number of aromatic carboxylic acids is 1. The van der Waals surface area contributed by atoms with Crippen molar-refractivity contribution in [2.45, 2.75) is 26.8 Å². The first-order valence-electron chi connectivity index (χ1n) is 8.02. The molecule has 0 aliphatic carbocycles. The molecule has 138 valence electrons. The Morgan fingerprint density at radius 1 is 1.12 bits per heavy atom. The lowest BCUT2D eigenvalue weighted by Gasteiger charge is -2.19. The lowest BCUT2D eigenvalue weighted by atomic mass is 10.0. The number of ether oxygens (including phenoxy) is 2. The number of benzene rings is 1. The van der Waals surface area contributed by atoms with Gasteiger partial charge in [0, 0.05) is 0 Å². The number of carboxylic acid groups (broad SMARTS) is 1. The molecule has 7 nitrogen and oxygen atoms in total. The average molecular weight is 358 g/mol. The van der Waals surface area contributed by atoms with Gasteiger partial charge in [0.15, 0.2) is 11.5 Å². The number of methoxy groups -OCH3 is 2. The van der Waals surface area contributed by atoms with Gasteiger partial charge in [-0.15, -0.1) is 0 Å². The topological polar surface area (TPSA) is 97.8 Å². The summed E-state index contributed by atoms with van der Waals surface area (Å²) in [6.45, 7) is 5.33. The van der Waals surface area contributed by atoms with E-state index in [4.69, 9.17) is 14.6 Å². The third-order valence-electron chi connectivity index (χ3n) is 4.14. The maximum atomic E-state index is 12.5. The maximum absolute atomic E-state index is 12.5. The highest BCUT2D eigenvalue weighted by Gasteiger charge is 2.18. The maximum Gasteiger partial charge on any atom is 0.337 e. The van der Waals surface area contributed by atoms with Crippen LogP contribution in [0.5, 0.6) is 11.5 Å². The van der Waals surface area contributed by atoms with Gasteiger partial charge in [-0.2, -0.15) is 0 Å². The minimum absolute atomic E-state index is 0.0744. The number of hydrogen-bond donors (Lipinski definition) is 2. The predicted molar refractivity (Wildman–Crippen MR) is 96.1 cm³/mol. The highest BCUT2D eigenvalue weighted by Crippen LogP contribution is 2.32. The van der Waals surface area contributed by atoms with Gasteiger partial charge in [-0.1, -0.05) is 0 Å². The molecule has 1 unspecified atom stereocenters. The normalized spacial score (nSPS) is 11.6. The van der Waals surface area contributed by atoms with Gasteiger partial charge in [0.1, 0.15) is 5.69 Å². The molecule has 0 fully saturated rings. The predicted octanol–water partition coefficient (Wildman–Crippen LogP) is 2.90. The molecule has 0 saturated carbocycles. The summed E-state index contributed by atoms with van der Waals surface area (Å²) in [5.74, 6) is -0.259. The second-order valence-electron chi connectivity index (χ2n) is 5.89. The lowest BCUT2D eigenvalue weighted by molar-refractivity contribution is 0.0694. The van der Waals surface area contributed by atoms with Crippen molar-refractivity contribution >= 4 is 11.9 Å². The van der Waals surface area contributed by atoms with E-state index in [1.54, 1.807) is 21.1 Å². The van der Waals surface area contributed by atoms with Crippen molar-refractivity contribution in [1.82, 2.24) is 10.3 Å². The van der Waals surface area contributed by atoms with Crippen LogP contribution in [0.15, 0.2) is 24.3 Å². The molecule has 0 spiro atoms. The van der Waals surface area contributed by atoms with Crippen LogP contribution >= 0.6 is 0 Å². The fourth-order valence-corrected chi connectivity index (χ4v) is 2.72. The van der Waals surface area contributed by atoms with Gasteiger partial charge < -0.3 is 19.9 Å². The summed E-state index contributed by atoms with van der Waals surface area (Å²) in [4.78, 5) is 27.6. The first kappa shape index (κ1) is 19.2. The van der Waals surface area contributed by atoms with Crippen LogP contribution < -0.4 is 14.8 Å². The van der Waals surface area contributed by atoms with Crippen molar-refractivity contribution in [3.05, 3.63) is 52.3 Å². The van der Waals surface area contributed by atoms with Crippen molar-refractivity contribution in [3.8, 4) is 11.5 Å². The fraction of sp³-hybridized carbons (Fsp3) is 0.316. The van der Waals surface area contributed by atoms with Gasteiger partial charge in [0.25, 0.3) is 5.91 Å². The molecule has 0 bridgehead atoms. The van der Waals surface area contributed by atoms with Gasteiger partial charge in [0.2, 0.25) is 0 Å². The zero-order valence-corrected chi connectivity index (χ0v) is 15.4. The van der Waals surface area contributed by atoms with Gasteiger partial charge in [-0.3, -0.25) is 4.79 Å². The van der Waals surface area contributed by atoms with E-state index in [1.807, 2.05) is 26.0 Å². The first-order chi connectivity index (χ1) is 12.3. The first-order valence-corrected chi connectivity index (χ1v) is 8.02. The molecular formula is C19H22N2O5. The lowest BCUT2D eigenvalue weighted by Crippen LogP contribution is -2.28. The zero-order chi connectivity index (χ0) is 19.4. The number of carboxylic acids is 1. The van der Waals surface area contributed by atoms with Crippen molar-refractivity contribution in [2.24, 2.45) is 0 Å². The van der Waals surface area contributed by atoms with Gasteiger partial charge >= 0.3 is 5.97 Å². The fourth-order valence-electron chi connectivity index (χ4n) is 2.72. The van der Waals surface area contributed by atoms with Gasteiger partial charge in [-0.05, 0) is 56.2 Å². The number of nitrogens with zero attached hydrogens (tertiary/aromatic N) is 1. The molecule has 2 rings (SSSR count). The minimum Gasteiger partial charge on any atom is -0.493 e. The summed E-state index contributed by atoms with van der Waals surface area (Å²) in [7, 11) is 3.12. The zero-order valence-electron chi connectivity index (χ0n) is 15.4. The summed E-state index contributed by atoms with van der Waals surface area (Å²) in [5, 5.41) is 11.9. The van der Waals surface area contributed by atoms with Gasteiger partial charge in [0.05, 0.1) is 31.5 Å². The highest BCUT2D eigenvalue weighted by atomic mass is 16.5. The number of rotatable bonds is 6. The summed E-state index contributed by atoms with van der Waals surface area (Å²) >= 11 is 0. The molecule has 0 aliphatic rings. The van der Waals surface area contributed by atoms with Crippen LogP contribution in [0.25, 0.3) is 0 Å². The quantitative estimate of drug-likeness (QED) is 0.824. The van der Waals surface area contributed by atoms with Crippen LogP contribution in [0, 0.1) is 13.8 Å². The Kier molecular flexibility index (Phi) is 5.82. The monoisotopic (exact) mass is 358 g/mol. The molecule has 2 N–H and O–H groups in total. The van der Waals surface area contributed by atoms with E-state index in [0.29, 0.717) is 17.2 Å². The van der Waals surface area contributed by atoms with E-state index in [2.05, 4.69) is 10.3 Å². The third-order valence-corrected chi connectivity index (χ3v) is 4.14. The third kappa shape index (κ3) is 3.93. The number of carbonyl (C=O) groups is 2. The van der Waals surface area contributed by atoms with E-state index < -0.39 is 5.97 Å². The largest absolute Gasteiger partial charge is 0.493 e. The summed E-state index contributed by atoms with van der Waals surface area (Å²) in [5.41, 5.74) is 2.36. The standard InChI is InChI=1S/C19H22N2O5/c1-10-8-16(25-4)17(26-5)9-14(10)12(3)21-18(22)15-7-6-13(19(23)24)11(2)20-15/h6-9,12H,1-5H3,(H,21,22)(H,23,24). The highest BCUT2D eigenvalue weighted by molar-refractivity contribution is 5.94. The molecule has 2 aromatic rings. The van der Waals surface area contributed by atoms with E-state index in [1.165, 1.54) is 12.1 Å². The Morgan fingerprint density at radius 3 is 2.27 bits per heavy atom. The number of hydrogen-bond acceptors (Lipinski definition) is 5. The summed E-state index contributed by atoms with van der Waals surface area (Å²) in [6, 6.07) is 6.15. The molecule has 1 aromatic carbocycles. The smallest absolute Gasteiger partial charge is 0.337 e. The summed E-state index contributed by atoms with van der Waals surface area (Å²) in [6.07, 6.45) is 0. The number of pyridine rings is 1. The molecular weight excluding hydrogens is 336 g/mol. The Hall–Kier alpha value is -3.09. The molecule has 0 saturated heterocycles.